The van der Waals surface area contributed by atoms with Crippen LogP contribution in [0, 0.1) is 19.3 Å². The van der Waals surface area contributed by atoms with E-state index in [0.29, 0.717) is 37.0 Å². The van der Waals surface area contributed by atoms with Gasteiger partial charge in [0.15, 0.2) is 5.60 Å². The van der Waals surface area contributed by atoms with Gasteiger partial charge >= 0.3 is 5.97 Å². The Morgan fingerprint density at radius 2 is 1.61 bits per heavy atom. The van der Waals surface area contributed by atoms with Crippen LogP contribution >= 0.6 is 0 Å². The number of esters is 1. The molecule has 2 aliphatic carbocycles. The van der Waals surface area contributed by atoms with E-state index < -0.39 is 11.6 Å². The Kier molecular flexibility index (Phi) is 8.18. The zero-order chi connectivity index (χ0) is 27.1. The Hall–Kier alpha value is -4.50. The summed E-state index contributed by atoms with van der Waals surface area (Å²) >= 11 is 0. The van der Waals surface area contributed by atoms with Gasteiger partial charge in [0.05, 0.1) is 24.5 Å². The highest BCUT2D eigenvalue weighted by molar-refractivity contribution is 5.79. The number of benzene rings is 3. The molecule has 6 heteroatoms. The van der Waals surface area contributed by atoms with Crippen LogP contribution in [0.2, 0.25) is 0 Å². The van der Waals surface area contributed by atoms with E-state index in [4.69, 9.17) is 25.1 Å². The summed E-state index contributed by atoms with van der Waals surface area (Å²) in [7, 11) is 0. The molecule has 0 spiro atoms. The molecule has 3 aromatic rings. The van der Waals surface area contributed by atoms with E-state index >= 15 is 0 Å². The average Bonchev–Trinajstić information content (AvgIpc) is 3.27. The van der Waals surface area contributed by atoms with Crippen molar-refractivity contribution in [3.05, 3.63) is 89.8 Å². The average molecular weight is 510 g/mol. The lowest BCUT2D eigenvalue weighted by atomic mass is 9.95. The lowest BCUT2D eigenvalue weighted by Gasteiger charge is -2.24. The number of nitrogens with zero attached hydrogens (tertiary/aromatic N) is 1. The third kappa shape index (κ3) is 6.24. The lowest BCUT2D eigenvalue weighted by molar-refractivity contribution is -0.158. The largest absolute Gasteiger partial charge is 0.493 e. The number of hydrogen-bond donors (Lipinski definition) is 0. The predicted octanol–water partition coefficient (Wildman–Crippen LogP) is 6.64. The Morgan fingerprint density at radius 3 is 2.18 bits per heavy atom. The van der Waals surface area contributed by atoms with E-state index in [-0.39, 0.29) is 0 Å². The van der Waals surface area contributed by atoms with Crippen molar-refractivity contribution >= 4 is 5.97 Å². The summed E-state index contributed by atoms with van der Waals surface area (Å²) in [6, 6.07) is 23.1. The Morgan fingerprint density at radius 1 is 0.974 bits per heavy atom. The third-order valence-corrected chi connectivity index (χ3v) is 6.00. The Bertz CT molecular complexity index is 1410. The molecule has 0 unspecified atom stereocenters. The highest BCUT2D eigenvalue weighted by Crippen LogP contribution is 2.29. The van der Waals surface area contributed by atoms with Crippen LogP contribution in [0.5, 0.6) is 11.5 Å². The molecule has 2 aromatic carbocycles. The van der Waals surface area contributed by atoms with Crippen LogP contribution in [0.4, 0.5) is 0 Å². The molecule has 0 N–H and O–H groups in total. The fourth-order valence-corrected chi connectivity index (χ4v) is 3.74. The Labute approximate surface area is 223 Å². The van der Waals surface area contributed by atoms with E-state index in [1.54, 1.807) is 45.0 Å². The maximum Gasteiger partial charge on any atom is 0.349 e. The summed E-state index contributed by atoms with van der Waals surface area (Å²) in [5.41, 5.74) is 4.14. The number of aryl methyl sites for hydroxylation is 1. The van der Waals surface area contributed by atoms with Gasteiger partial charge in [-0.2, -0.15) is 0 Å². The molecule has 2 aliphatic rings. The van der Waals surface area contributed by atoms with Gasteiger partial charge in [-0.05, 0) is 75.2 Å². The Balaban J connectivity index is 0.000000483. The SMILES string of the molecule is C#Cc1ccccc1-c1nc(CCOc2ccc(OC(C)(C)C(=O)OCC)cc2)c(C)o1.c1cc2ccc1-2. The van der Waals surface area contributed by atoms with Crippen LogP contribution in [0.3, 0.4) is 0 Å². The molecule has 194 valence electrons. The molecule has 0 saturated carbocycles. The molecule has 0 amide bonds. The summed E-state index contributed by atoms with van der Waals surface area (Å²) < 4.78 is 22.5. The number of hydrogen-bond acceptors (Lipinski definition) is 6. The van der Waals surface area contributed by atoms with Crippen LogP contribution in [0.15, 0.2) is 77.2 Å². The fraction of sp³-hybridized carbons (Fsp3) is 0.250. The number of carbonyl (C=O) groups excluding carboxylic acids is 1. The summed E-state index contributed by atoms with van der Waals surface area (Å²) in [6.07, 6.45) is 6.16. The lowest BCUT2D eigenvalue weighted by Crippen LogP contribution is -2.39. The van der Waals surface area contributed by atoms with Gasteiger partial charge < -0.3 is 18.6 Å². The zero-order valence-corrected chi connectivity index (χ0v) is 22.1. The highest BCUT2D eigenvalue weighted by atomic mass is 16.6. The molecule has 0 aliphatic heterocycles. The molecule has 5 rings (SSSR count). The van der Waals surface area contributed by atoms with E-state index in [9.17, 15) is 4.79 Å². The molecular weight excluding hydrogens is 478 g/mol. The van der Waals surface area contributed by atoms with Crippen molar-refractivity contribution in [3.8, 4) is 46.4 Å². The second-order valence-electron chi connectivity index (χ2n) is 9.19. The summed E-state index contributed by atoms with van der Waals surface area (Å²) in [5.74, 6) is 4.74. The maximum atomic E-state index is 12.0. The van der Waals surface area contributed by atoms with Gasteiger partial charge in [0.1, 0.15) is 17.3 Å². The minimum absolute atomic E-state index is 0.307. The number of ether oxygens (including phenoxy) is 3. The molecular formula is C32H31NO5. The first-order valence-corrected chi connectivity index (χ1v) is 12.5. The van der Waals surface area contributed by atoms with Gasteiger partial charge in [0, 0.05) is 12.0 Å². The molecule has 0 bridgehead atoms. The predicted molar refractivity (Wildman–Crippen MR) is 147 cm³/mol. The third-order valence-electron chi connectivity index (χ3n) is 6.00. The molecule has 1 heterocycles. The summed E-state index contributed by atoms with van der Waals surface area (Å²) in [6.45, 7) is 7.72. The quantitative estimate of drug-likeness (QED) is 0.164. The van der Waals surface area contributed by atoms with E-state index in [1.807, 2.05) is 31.2 Å². The van der Waals surface area contributed by atoms with Crippen molar-refractivity contribution in [1.82, 2.24) is 4.98 Å². The van der Waals surface area contributed by atoms with Crippen LogP contribution < -0.4 is 9.47 Å². The number of terminal acetylenes is 1. The number of aromatic nitrogens is 1. The summed E-state index contributed by atoms with van der Waals surface area (Å²) in [5, 5.41) is 0. The topological polar surface area (TPSA) is 70.8 Å². The second kappa shape index (κ2) is 11.7. The van der Waals surface area contributed by atoms with Crippen molar-refractivity contribution in [1.29, 1.82) is 0 Å². The van der Waals surface area contributed by atoms with Crippen LogP contribution in [-0.2, 0) is 16.0 Å². The van der Waals surface area contributed by atoms with Crippen molar-refractivity contribution in [3.63, 3.8) is 0 Å². The van der Waals surface area contributed by atoms with Gasteiger partial charge in [0.25, 0.3) is 0 Å². The first-order valence-electron chi connectivity index (χ1n) is 12.5. The van der Waals surface area contributed by atoms with Crippen molar-refractivity contribution in [2.45, 2.75) is 39.7 Å². The molecule has 1 aromatic heterocycles. The molecule has 0 fully saturated rings. The highest BCUT2D eigenvalue weighted by Gasteiger charge is 2.31. The van der Waals surface area contributed by atoms with E-state index in [0.717, 1.165) is 22.6 Å². The van der Waals surface area contributed by atoms with Crippen LogP contribution in [0.25, 0.3) is 22.6 Å². The van der Waals surface area contributed by atoms with Gasteiger partial charge in [-0.15, -0.1) is 6.42 Å². The summed E-state index contributed by atoms with van der Waals surface area (Å²) in [4.78, 5) is 16.6. The van der Waals surface area contributed by atoms with Crippen molar-refractivity contribution in [2.24, 2.45) is 0 Å². The normalized spacial score (nSPS) is 11.0. The molecule has 6 nitrogen and oxygen atoms in total. The van der Waals surface area contributed by atoms with Gasteiger partial charge in [-0.1, -0.05) is 42.3 Å². The van der Waals surface area contributed by atoms with Gasteiger partial charge in [0.2, 0.25) is 5.89 Å². The first-order chi connectivity index (χ1) is 18.3. The van der Waals surface area contributed by atoms with Crippen molar-refractivity contribution < 1.29 is 23.4 Å². The van der Waals surface area contributed by atoms with E-state index in [2.05, 4.69) is 35.2 Å². The minimum Gasteiger partial charge on any atom is -0.493 e. The molecule has 0 radical (unpaired) electrons. The smallest absolute Gasteiger partial charge is 0.349 e. The molecule has 0 atom stereocenters. The maximum absolute atomic E-state index is 12.0. The second-order valence-corrected chi connectivity index (χ2v) is 9.19. The number of rotatable bonds is 9. The number of fused-ring (bicyclic) bond motifs is 1. The standard InChI is InChI=1S/C26H27NO5.C6H4/c1-6-19-10-8-9-11-22(19)24-27-23(18(3)31-24)16-17-30-20-12-14-21(15-13-20)32-26(4,5)25(28)29-7-2;1-2-6-4-3-5(1)6/h1,8-15H,7,16-17H2,2-5H3;1-4H. The van der Waals surface area contributed by atoms with Gasteiger partial charge in [-0.3, -0.25) is 0 Å². The monoisotopic (exact) mass is 509 g/mol. The molecule has 0 saturated heterocycles. The van der Waals surface area contributed by atoms with E-state index in [1.165, 1.54) is 11.1 Å². The first kappa shape index (κ1) is 26.6. The minimum atomic E-state index is -1.07. The van der Waals surface area contributed by atoms with Gasteiger partial charge in [-0.25, -0.2) is 9.78 Å². The number of carbonyl (C=O) groups is 1. The van der Waals surface area contributed by atoms with Crippen LogP contribution in [0.1, 0.15) is 37.8 Å². The number of oxazole rings is 1. The van der Waals surface area contributed by atoms with Crippen molar-refractivity contribution in [2.75, 3.05) is 13.2 Å². The fourth-order valence-electron chi connectivity index (χ4n) is 3.74. The molecule has 38 heavy (non-hydrogen) atoms. The van der Waals surface area contributed by atoms with Crippen LogP contribution in [-0.4, -0.2) is 29.8 Å². The zero-order valence-electron chi connectivity index (χ0n) is 22.1.